The van der Waals surface area contributed by atoms with Gasteiger partial charge in [-0.1, -0.05) is 42.0 Å². The van der Waals surface area contributed by atoms with Crippen LogP contribution in [0.1, 0.15) is 29.5 Å². The normalized spacial score (nSPS) is 14.7. The van der Waals surface area contributed by atoms with Gasteiger partial charge in [0.2, 0.25) is 10.0 Å². The molecule has 1 aliphatic rings. The number of methoxy groups -OCH3 is 1. The fourth-order valence-corrected chi connectivity index (χ4v) is 3.82. The summed E-state index contributed by atoms with van der Waals surface area (Å²) in [6.45, 7) is 2.01. The second kappa shape index (κ2) is 6.88. The van der Waals surface area contributed by atoms with E-state index in [2.05, 4.69) is 4.72 Å². The maximum atomic E-state index is 14.2. The number of benzene rings is 2. The van der Waals surface area contributed by atoms with Crippen molar-refractivity contribution in [2.45, 2.75) is 25.0 Å². The molecule has 0 bridgehead atoms. The summed E-state index contributed by atoms with van der Waals surface area (Å²) in [6, 6.07) is 10.6. The molecule has 0 unspecified atom stereocenters. The average molecular weight is 361 g/mol. The first-order chi connectivity index (χ1) is 11.9. The molecular formula is C19H20FNO3S. The number of hydrogen-bond donors (Lipinski definition) is 1. The van der Waals surface area contributed by atoms with Gasteiger partial charge >= 0.3 is 0 Å². The van der Waals surface area contributed by atoms with E-state index in [1.807, 2.05) is 37.3 Å². The van der Waals surface area contributed by atoms with E-state index in [1.54, 1.807) is 6.08 Å². The molecule has 0 aliphatic heterocycles. The van der Waals surface area contributed by atoms with E-state index in [-0.39, 0.29) is 5.69 Å². The van der Waals surface area contributed by atoms with Crippen molar-refractivity contribution < 1.29 is 17.5 Å². The highest BCUT2D eigenvalue weighted by molar-refractivity contribution is 7.93. The standard InChI is InChI=1S/C19H20FNO3S/c1-13-3-5-14(6-4-13)7-8-15-11-18(17(20)12-19(15)24-2)21-25(22,23)16-9-10-16/h3-8,11-12,16,21H,9-10H2,1-2H3/b8-7+. The summed E-state index contributed by atoms with van der Waals surface area (Å²) >= 11 is 0. The molecule has 1 N–H and O–H groups in total. The molecule has 2 aromatic carbocycles. The topological polar surface area (TPSA) is 55.4 Å². The SMILES string of the molecule is COc1cc(F)c(NS(=O)(=O)C2CC2)cc1/C=C/c1ccc(C)cc1. The highest BCUT2D eigenvalue weighted by atomic mass is 32.2. The van der Waals surface area contributed by atoms with Crippen LogP contribution in [-0.2, 0) is 10.0 Å². The average Bonchev–Trinajstić information content (AvgIpc) is 3.42. The van der Waals surface area contributed by atoms with Crippen LogP contribution in [0, 0.1) is 12.7 Å². The van der Waals surface area contributed by atoms with Crippen LogP contribution in [0.25, 0.3) is 12.2 Å². The number of sulfonamides is 1. The summed E-state index contributed by atoms with van der Waals surface area (Å²) < 4.78 is 45.9. The van der Waals surface area contributed by atoms with E-state index >= 15 is 0 Å². The van der Waals surface area contributed by atoms with Crippen LogP contribution in [0.3, 0.4) is 0 Å². The zero-order chi connectivity index (χ0) is 18.0. The summed E-state index contributed by atoms with van der Waals surface area (Å²) in [5, 5.41) is -0.416. The predicted octanol–water partition coefficient (Wildman–Crippen LogP) is 4.22. The molecule has 0 heterocycles. The molecule has 0 radical (unpaired) electrons. The van der Waals surface area contributed by atoms with Crippen LogP contribution < -0.4 is 9.46 Å². The van der Waals surface area contributed by atoms with Crippen LogP contribution >= 0.6 is 0 Å². The van der Waals surface area contributed by atoms with Gasteiger partial charge in [0.1, 0.15) is 5.75 Å². The van der Waals surface area contributed by atoms with Gasteiger partial charge in [0.05, 0.1) is 18.0 Å². The summed E-state index contributed by atoms with van der Waals surface area (Å²) in [5.41, 5.74) is 2.68. The lowest BCUT2D eigenvalue weighted by molar-refractivity contribution is 0.410. The van der Waals surface area contributed by atoms with Gasteiger partial charge < -0.3 is 4.74 Å². The molecule has 1 fully saturated rings. The smallest absolute Gasteiger partial charge is 0.235 e. The molecule has 0 amide bonds. The molecule has 4 nitrogen and oxygen atoms in total. The third-order valence-electron chi connectivity index (χ3n) is 4.07. The van der Waals surface area contributed by atoms with E-state index < -0.39 is 21.1 Å². The Labute approximate surface area is 147 Å². The first-order valence-electron chi connectivity index (χ1n) is 8.03. The van der Waals surface area contributed by atoms with Crippen LogP contribution in [-0.4, -0.2) is 20.8 Å². The molecule has 6 heteroatoms. The number of aryl methyl sites for hydroxylation is 1. The van der Waals surface area contributed by atoms with Crippen LogP contribution in [0.4, 0.5) is 10.1 Å². The van der Waals surface area contributed by atoms with Gasteiger partial charge in [-0.15, -0.1) is 0 Å². The lowest BCUT2D eigenvalue weighted by Gasteiger charge is -2.12. The predicted molar refractivity (Wildman–Crippen MR) is 98.6 cm³/mol. The number of halogens is 1. The first-order valence-corrected chi connectivity index (χ1v) is 9.57. The van der Waals surface area contributed by atoms with E-state index in [0.29, 0.717) is 24.2 Å². The van der Waals surface area contributed by atoms with Crippen molar-refractivity contribution in [1.82, 2.24) is 0 Å². The number of hydrogen-bond acceptors (Lipinski definition) is 3. The summed E-state index contributed by atoms with van der Waals surface area (Å²) in [7, 11) is -2.08. The number of nitrogens with one attached hydrogen (secondary N) is 1. The quantitative estimate of drug-likeness (QED) is 0.784. The monoisotopic (exact) mass is 361 g/mol. The Morgan fingerprint density at radius 3 is 2.44 bits per heavy atom. The molecule has 132 valence electrons. The molecule has 0 saturated heterocycles. The van der Waals surface area contributed by atoms with Crippen LogP contribution in [0.2, 0.25) is 0 Å². The zero-order valence-electron chi connectivity index (χ0n) is 14.1. The first kappa shape index (κ1) is 17.5. The molecule has 0 aromatic heterocycles. The van der Waals surface area contributed by atoms with Gasteiger partial charge in [0, 0.05) is 11.6 Å². The molecule has 1 saturated carbocycles. The Hall–Kier alpha value is -2.34. The van der Waals surface area contributed by atoms with E-state index in [4.69, 9.17) is 4.74 Å². The number of ether oxygens (including phenoxy) is 1. The molecular weight excluding hydrogens is 341 g/mol. The van der Waals surface area contributed by atoms with E-state index in [9.17, 15) is 12.8 Å². The molecule has 3 rings (SSSR count). The Balaban J connectivity index is 1.91. The van der Waals surface area contributed by atoms with Gasteiger partial charge in [0.25, 0.3) is 0 Å². The lowest BCUT2D eigenvalue weighted by Crippen LogP contribution is -2.18. The Morgan fingerprint density at radius 1 is 1.16 bits per heavy atom. The van der Waals surface area contributed by atoms with Crippen molar-refractivity contribution in [2.75, 3.05) is 11.8 Å². The van der Waals surface area contributed by atoms with Gasteiger partial charge in [-0.25, -0.2) is 12.8 Å². The van der Waals surface area contributed by atoms with Crippen LogP contribution in [0.15, 0.2) is 36.4 Å². The van der Waals surface area contributed by atoms with Crippen molar-refractivity contribution in [2.24, 2.45) is 0 Å². The van der Waals surface area contributed by atoms with Gasteiger partial charge in [-0.05, 0) is 31.4 Å². The van der Waals surface area contributed by atoms with E-state index in [0.717, 1.165) is 11.1 Å². The van der Waals surface area contributed by atoms with Crippen LogP contribution in [0.5, 0.6) is 5.75 Å². The molecule has 0 atom stereocenters. The second-order valence-electron chi connectivity index (χ2n) is 6.16. The summed E-state index contributed by atoms with van der Waals surface area (Å²) in [4.78, 5) is 0. The lowest BCUT2D eigenvalue weighted by atomic mass is 10.1. The maximum absolute atomic E-state index is 14.2. The van der Waals surface area contributed by atoms with Crippen molar-refractivity contribution in [3.05, 3.63) is 58.9 Å². The fourth-order valence-electron chi connectivity index (χ4n) is 2.44. The number of rotatable bonds is 6. The Bertz CT molecular complexity index is 901. The Morgan fingerprint density at radius 2 is 1.84 bits per heavy atom. The van der Waals surface area contributed by atoms with Gasteiger partial charge in [0.15, 0.2) is 5.82 Å². The highest BCUT2D eigenvalue weighted by Crippen LogP contribution is 2.33. The van der Waals surface area contributed by atoms with Crippen molar-refractivity contribution in [1.29, 1.82) is 0 Å². The van der Waals surface area contributed by atoms with Crippen molar-refractivity contribution in [3.63, 3.8) is 0 Å². The third-order valence-corrected chi connectivity index (χ3v) is 5.92. The third kappa shape index (κ3) is 4.20. The largest absolute Gasteiger partial charge is 0.496 e. The minimum absolute atomic E-state index is 0.0590. The van der Waals surface area contributed by atoms with Gasteiger partial charge in [-0.2, -0.15) is 0 Å². The molecule has 0 spiro atoms. The molecule has 2 aromatic rings. The molecule has 1 aliphatic carbocycles. The highest BCUT2D eigenvalue weighted by Gasteiger charge is 2.36. The minimum atomic E-state index is -3.53. The van der Waals surface area contributed by atoms with Gasteiger partial charge in [-0.3, -0.25) is 4.72 Å². The molecule has 25 heavy (non-hydrogen) atoms. The number of anilines is 1. The van der Waals surface area contributed by atoms with Crippen molar-refractivity contribution in [3.8, 4) is 5.75 Å². The van der Waals surface area contributed by atoms with Crippen molar-refractivity contribution >= 4 is 27.9 Å². The Kier molecular flexibility index (Phi) is 4.81. The zero-order valence-corrected chi connectivity index (χ0v) is 14.9. The minimum Gasteiger partial charge on any atom is -0.496 e. The summed E-state index contributed by atoms with van der Waals surface area (Å²) in [6.07, 6.45) is 4.88. The fraction of sp³-hybridized carbons (Fsp3) is 0.263. The maximum Gasteiger partial charge on any atom is 0.235 e. The second-order valence-corrected chi connectivity index (χ2v) is 8.13. The van der Waals surface area contributed by atoms with E-state index in [1.165, 1.54) is 19.2 Å². The summed E-state index contributed by atoms with van der Waals surface area (Å²) in [5.74, 6) is -0.316.